The summed E-state index contributed by atoms with van der Waals surface area (Å²) < 4.78 is 18.9. The lowest BCUT2D eigenvalue weighted by Crippen LogP contribution is -2.49. The second kappa shape index (κ2) is 9.16. The lowest BCUT2D eigenvalue weighted by Gasteiger charge is -2.41. The number of carbonyl (C=O) groups is 1. The minimum atomic E-state index is -0.422. The Kier molecular flexibility index (Phi) is 6.90. The fraction of sp³-hybridized carbons (Fsp3) is 0.650. The molecule has 2 aliphatic rings. The molecule has 2 aliphatic heterocycles. The zero-order valence-corrected chi connectivity index (χ0v) is 16.2. The number of carbonyl (C=O) groups excluding carboxylic acids is 1. The van der Waals surface area contributed by atoms with E-state index in [4.69, 9.17) is 16.3 Å². The number of ether oxygens (including phenoxy) is 1. The molecule has 0 radical (unpaired) electrons. The average Bonchev–Trinajstić information content (AvgIpc) is 2.69. The zero-order valence-electron chi connectivity index (χ0n) is 15.4. The quantitative estimate of drug-likeness (QED) is 0.781. The fourth-order valence-corrected chi connectivity index (χ4v) is 4.18. The molecule has 0 spiro atoms. The average molecular weight is 383 g/mol. The van der Waals surface area contributed by atoms with Crippen LogP contribution in [0.3, 0.4) is 0 Å². The number of hydrogen-bond acceptors (Lipinski definition) is 3. The summed E-state index contributed by atoms with van der Waals surface area (Å²) in [6.45, 7) is 3.84. The van der Waals surface area contributed by atoms with Gasteiger partial charge >= 0.3 is 0 Å². The van der Waals surface area contributed by atoms with Gasteiger partial charge in [0.05, 0.1) is 11.1 Å². The number of amides is 1. The Hall–Kier alpha value is -1.17. The van der Waals surface area contributed by atoms with Gasteiger partial charge in [0.2, 0.25) is 5.91 Å². The van der Waals surface area contributed by atoms with Crippen molar-refractivity contribution in [2.75, 3.05) is 33.3 Å². The Morgan fingerprint density at radius 3 is 2.50 bits per heavy atom. The number of halogens is 2. The van der Waals surface area contributed by atoms with Gasteiger partial charge < -0.3 is 14.5 Å². The number of benzene rings is 1. The van der Waals surface area contributed by atoms with Gasteiger partial charge in [-0.3, -0.25) is 4.79 Å². The second-order valence-corrected chi connectivity index (χ2v) is 7.74. The van der Waals surface area contributed by atoms with Crippen molar-refractivity contribution in [2.45, 2.75) is 50.7 Å². The van der Waals surface area contributed by atoms with Crippen molar-refractivity contribution in [3.63, 3.8) is 0 Å². The van der Waals surface area contributed by atoms with E-state index in [-0.39, 0.29) is 10.9 Å². The molecule has 26 heavy (non-hydrogen) atoms. The van der Waals surface area contributed by atoms with Crippen LogP contribution in [0.5, 0.6) is 0 Å². The first kappa shape index (κ1) is 19.6. The Morgan fingerprint density at radius 2 is 1.88 bits per heavy atom. The third-order valence-electron chi connectivity index (χ3n) is 5.76. The van der Waals surface area contributed by atoms with Gasteiger partial charge in [-0.15, -0.1) is 0 Å². The van der Waals surface area contributed by atoms with Crippen LogP contribution in [0.1, 0.15) is 37.7 Å². The van der Waals surface area contributed by atoms with Crippen LogP contribution in [0.2, 0.25) is 5.02 Å². The van der Waals surface area contributed by atoms with Gasteiger partial charge in [0, 0.05) is 45.8 Å². The topological polar surface area (TPSA) is 32.8 Å². The highest BCUT2D eigenvalue weighted by Crippen LogP contribution is 2.23. The van der Waals surface area contributed by atoms with Crippen molar-refractivity contribution in [2.24, 2.45) is 0 Å². The van der Waals surface area contributed by atoms with Crippen molar-refractivity contribution in [1.82, 2.24) is 9.80 Å². The largest absolute Gasteiger partial charge is 0.381 e. The van der Waals surface area contributed by atoms with E-state index in [1.807, 2.05) is 4.90 Å². The Bertz CT molecular complexity index is 612. The number of likely N-dealkylation sites (tertiary alicyclic amines) is 2. The third kappa shape index (κ3) is 4.96. The van der Waals surface area contributed by atoms with Crippen LogP contribution in [0.4, 0.5) is 4.39 Å². The maximum absolute atomic E-state index is 13.5. The number of methoxy groups -OCH3 is 1. The zero-order chi connectivity index (χ0) is 18.5. The highest BCUT2D eigenvalue weighted by atomic mass is 35.5. The molecule has 2 saturated heterocycles. The molecule has 0 N–H and O–H groups in total. The molecule has 2 heterocycles. The normalized spacial score (nSPS) is 20.5. The van der Waals surface area contributed by atoms with Crippen LogP contribution in [0.15, 0.2) is 18.2 Å². The first-order valence-corrected chi connectivity index (χ1v) is 9.93. The number of piperidine rings is 2. The molecule has 4 nitrogen and oxygen atoms in total. The van der Waals surface area contributed by atoms with Crippen LogP contribution in [0.25, 0.3) is 0 Å². The minimum absolute atomic E-state index is 0.122. The lowest BCUT2D eigenvalue weighted by atomic mass is 9.98. The molecule has 2 fully saturated rings. The van der Waals surface area contributed by atoms with Gasteiger partial charge in [-0.1, -0.05) is 17.7 Å². The van der Waals surface area contributed by atoms with Gasteiger partial charge in [-0.2, -0.15) is 0 Å². The van der Waals surface area contributed by atoms with Crippen LogP contribution < -0.4 is 0 Å². The summed E-state index contributed by atoms with van der Waals surface area (Å²) in [5.74, 6) is -0.258. The molecule has 3 rings (SSSR count). The maximum Gasteiger partial charge on any atom is 0.222 e. The molecule has 1 aromatic carbocycles. The molecule has 1 amide bonds. The lowest BCUT2D eigenvalue weighted by molar-refractivity contribution is -0.132. The highest BCUT2D eigenvalue weighted by Gasteiger charge is 2.29. The summed E-state index contributed by atoms with van der Waals surface area (Å²) in [6, 6.07) is 5.34. The molecule has 1 aromatic rings. The summed E-state index contributed by atoms with van der Waals surface area (Å²) in [7, 11) is 1.79. The van der Waals surface area contributed by atoms with E-state index in [2.05, 4.69) is 4.90 Å². The molecule has 0 saturated carbocycles. The Balaban J connectivity index is 1.41. The Morgan fingerprint density at radius 1 is 1.19 bits per heavy atom. The van der Waals surface area contributed by atoms with Gasteiger partial charge in [0.1, 0.15) is 5.82 Å². The van der Waals surface area contributed by atoms with Crippen LogP contribution in [0, 0.1) is 5.82 Å². The summed E-state index contributed by atoms with van der Waals surface area (Å²) >= 11 is 5.70. The van der Waals surface area contributed by atoms with Crippen molar-refractivity contribution in [3.05, 3.63) is 34.6 Å². The summed E-state index contributed by atoms with van der Waals surface area (Å²) in [5, 5.41) is 0.122. The van der Waals surface area contributed by atoms with E-state index >= 15 is 0 Å². The smallest absolute Gasteiger partial charge is 0.222 e. The minimum Gasteiger partial charge on any atom is -0.381 e. The number of rotatable bonds is 5. The molecular weight excluding hydrogens is 355 g/mol. The van der Waals surface area contributed by atoms with Crippen molar-refractivity contribution >= 4 is 17.5 Å². The first-order valence-electron chi connectivity index (χ1n) is 9.55. The van der Waals surface area contributed by atoms with Gasteiger partial charge in [0.25, 0.3) is 0 Å². The summed E-state index contributed by atoms with van der Waals surface area (Å²) in [6.07, 6.45) is 5.67. The molecule has 0 atom stereocenters. The van der Waals surface area contributed by atoms with Gasteiger partial charge in [-0.05, 0) is 49.8 Å². The molecule has 0 unspecified atom stereocenters. The predicted octanol–water partition coefficient (Wildman–Crippen LogP) is 3.51. The molecule has 6 heteroatoms. The maximum atomic E-state index is 13.5. The van der Waals surface area contributed by atoms with E-state index < -0.39 is 5.82 Å². The second-order valence-electron chi connectivity index (χ2n) is 7.33. The fourth-order valence-electron chi connectivity index (χ4n) is 4.06. The summed E-state index contributed by atoms with van der Waals surface area (Å²) in [5.41, 5.74) is 0.816. The molecule has 0 bridgehead atoms. The van der Waals surface area contributed by atoms with Crippen LogP contribution >= 0.6 is 11.6 Å². The van der Waals surface area contributed by atoms with E-state index in [1.165, 1.54) is 6.07 Å². The Labute approximate surface area is 160 Å². The van der Waals surface area contributed by atoms with Gasteiger partial charge in [0.15, 0.2) is 0 Å². The van der Waals surface area contributed by atoms with Crippen LogP contribution in [-0.2, 0) is 16.0 Å². The first-order chi connectivity index (χ1) is 12.6. The van der Waals surface area contributed by atoms with Crippen molar-refractivity contribution < 1.29 is 13.9 Å². The van der Waals surface area contributed by atoms with E-state index in [9.17, 15) is 9.18 Å². The standard InChI is InChI=1S/C20H28ClFN2O2/c1-26-17-8-12-23(13-9-17)16-6-10-24(11-7-16)20(25)5-3-15-2-4-18(21)19(22)14-15/h2,4,14,16-17H,3,5-13H2,1H3. The molecule has 0 aromatic heterocycles. The van der Waals surface area contributed by atoms with Gasteiger partial charge in [-0.25, -0.2) is 4.39 Å². The van der Waals surface area contributed by atoms with Crippen molar-refractivity contribution in [1.29, 1.82) is 0 Å². The van der Waals surface area contributed by atoms with Crippen molar-refractivity contribution in [3.8, 4) is 0 Å². The van der Waals surface area contributed by atoms with E-state index in [0.29, 0.717) is 25.0 Å². The molecule has 0 aliphatic carbocycles. The molecular formula is C20H28ClFN2O2. The SMILES string of the molecule is COC1CCN(C2CCN(C(=O)CCc3ccc(Cl)c(F)c3)CC2)CC1. The predicted molar refractivity (Wildman–Crippen MR) is 101 cm³/mol. The monoisotopic (exact) mass is 382 g/mol. The number of hydrogen-bond donors (Lipinski definition) is 0. The molecule has 144 valence electrons. The van der Waals surface area contributed by atoms with E-state index in [0.717, 1.165) is 57.4 Å². The highest BCUT2D eigenvalue weighted by molar-refractivity contribution is 6.30. The number of aryl methyl sites for hydroxylation is 1. The third-order valence-corrected chi connectivity index (χ3v) is 6.06. The number of nitrogens with zero attached hydrogens (tertiary/aromatic N) is 2. The summed E-state index contributed by atoms with van der Waals surface area (Å²) in [4.78, 5) is 17.0. The van der Waals surface area contributed by atoms with Crippen LogP contribution in [-0.4, -0.2) is 61.1 Å². The van der Waals surface area contributed by atoms with E-state index in [1.54, 1.807) is 19.2 Å².